The number of hydrogen-bond acceptors (Lipinski definition) is 7. The van der Waals surface area contributed by atoms with Crippen LogP contribution < -0.4 is 0 Å². The Morgan fingerprint density at radius 1 is 1.09 bits per heavy atom. The Hall–Kier alpha value is -4.12. The molecule has 5 rings (SSSR count). The number of benzene rings is 2. The summed E-state index contributed by atoms with van der Waals surface area (Å²) < 4.78 is 44.4. The van der Waals surface area contributed by atoms with Crippen LogP contribution >= 0.6 is 0 Å². The molecule has 0 bridgehead atoms. The normalized spacial score (nSPS) is 15.0. The zero-order chi connectivity index (χ0) is 23.8. The Kier molecular flexibility index (Phi) is 5.54. The second kappa shape index (κ2) is 8.67. The quantitative estimate of drug-likeness (QED) is 0.456. The molecule has 0 radical (unpaired) electrons. The summed E-state index contributed by atoms with van der Waals surface area (Å²) in [6.07, 6.45) is 0.112. The minimum Gasteiger partial charge on any atom is -0.415 e. The summed E-state index contributed by atoms with van der Waals surface area (Å²) in [5.41, 5.74) is 1.82. The first kappa shape index (κ1) is 21.7. The van der Waals surface area contributed by atoms with Crippen molar-refractivity contribution in [1.82, 2.24) is 25.1 Å². The number of amides is 1. The highest BCUT2D eigenvalue weighted by atomic mass is 19.3. The lowest BCUT2D eigenvalue weighted by Crippen LogP contribution is -2.34. The van der Waals surface area contributed by atoms with E-state index in [-0.39, 0.29) is 23.6 Å². The van der Waals surface area contributed by atoms with Crippen molar-refractivity contribution in [3.63, 3.8) is 0 Å². The minimum absolute atomic E-state index is 0.133. The van der Waals surface area contributed by atoms with Gasteiger partial charge in [0.15, 0.2) is 0 Å². The van der Waals surface area contributed by atoms with E-state index < -0.39 is 36.2 Å². The average Bonchev–Trinajstić information content (AvgIpc) is 3.46. The van der Waals surface area contributed by atoms with Gasteiger partial charge in [-0.2, -0.15) is 8.78 Å². The second-order valence-electron chi connectivity index (χ2n) is 7.63. The van der Waals surface area contributed by atoms with E-state index in [4.69, 9.17) is 4.42 Å². The highest BCUT2D eigenvalue weighted by Gasteiger charge is 2.39. The van der Waals surface area contributed by atoms with Crippen LogP contribution in [0.5, 0.6) is 0 Å². The van der Waals surface area contributed by atoms with Gasteiger partial charge < -0.3 is 14.4 Å². The fraction of sp³-hybridized carbons (Fsp3) is 0.174. The van der Waals surface area contributed by atoms with Crippen molar-refractivity contribution in [3.05, 3.63) is 95.1 Å². The van der Waals surface area contributed by atoms with Gasteiger partial charge in [0.05, 0.1) is 11.9 Å². The lowest BCUT2D eigenvalue weighted by atomic mass is 9.98. The van der Waals surface area contributed by atoms with E-state index >= 15 is 0 Å². The van der Waals surface area contributed by atoms with Gasteiger partial charge in [-0.15, -0.1) is 10.2 Å². The number of alkyl halides is 2. The van der Waals surface area contributed by atoms with Crippen LogP contribution in [0.4, 0.5) is 13.2 Å². The number of halogens is 3. The number of carbonyl (C=O) groups excluding carboxylic acids is 1. The topological polar surface area (TPSA) is 105 Å². The van der Waals surface area contributed by atoms with Gasteiger partial charge in [-0.3, -0.25) is 14.8 Å². The van der Waals surface area contributed by atoms with Crippen LogP contribution in [0.3, 0.4) is 0 Å². The molecule has 4 aromatic rings. The molecule has 0 saturated heterocycles. The van der Waals surface area contributed by atoms with Gasteiger partial charge in [-0.05, 0) is 35.4 Å². The van der Waals surface area contributed by atoms with E-state index in [2.05, 4.69) is 20.2 Å². The molecular formula is C23H16F3N5O3. The van der Waals surface area contributed by atoms with Gasteiger partial charge in [-0.25, -0.2) is 4.39 Å². The smallest absolute Gasteiger partial charge is 0.314 e. The first-order chi connectivity index (χ1) is 16.4. The molecule has 172 valence electrons. The fourth-order valence-electron chi connectivity index (χ4n) is 3.95. The molecule has 2 atom stereocenters. The number of nitrogens with zero attached hydrogens (tertiary/aromatic N) is 5. The maximum absolute atomic E-state index is 13.8. The van der Waals surface area contributed by atoms with Crippen LogP contribution in [0.15, 0.2) is 65.5 Å². The van der Waals surface area contributed by atoms with Gasteiger partial charge in [0.2, 0.25) is 5.89 Å². The summed E-state index contributed by atoms with van der Waals surface area (Å²) in [7, 11) is 0. The van der Waals surface area contributed by atoms with Crippen molar-refractivity contribution in [2.45, 2.75) is 25.1 Å². The molecule has 0 spiro atoms. The zero-order valence-corrected chi connectivity index (χ0v) is 17.3. The molecule has 34 heavy (non-hydrogen) atoms. The van der Waals surface area contributed by atoms with Gasteiger partial charge in [-0.1, -0.05) is 18.2 Å². The molecule has 1 aliphatic rings. The zero-order valence-electron chi connectivity index (χ0n) is 17.3. The molecule has 0 aliphatic carbocycles. The van der Waals surface area contributed by atoms with E-state index in [0.717, 1.165) is 0 Å². The lowest BCUT2D eigenvalue weighted by molar-refractivity contribution is 0.0345. The largest absolute Gasteiger partial charge is 0.415 e. The number of carbonyl (C=O) groups is 1. The highest BCUT2D eigenvalue weighted by molar-refractivity contribution is 5.99. The molecular weight excluding hydrogens is 451 g/mol. The van der Waals surface area contributed by atoms with E-state index in [1.54, 1.807) is 18.2 Å². The van der Waals surface area contributed by atoms with E-state index in [1.165, 1.54) is 47.8 Å². The van der Waals surface area contributed by atoms with Crippen LogP contribution in [-0.2, 0) is 6.54 Å². The van der Waals surface area contributed by atoms with Crippen LogP contribution in [0.25, 0.3) is 11.5 Å². The predicted octanol–water partition coefficient (Wildman–Crippen LogP) is 4.03. The lowest BCUT2D eigenvalue weighted by Gasteiger charge is -2.31. The molecule has 2 aromatic carbocycles. The van der Waals surface area contributed by atoms with Crippen molar-refractivity contribution >= 4 is 5.91 Å². The Labute approximate surface area is 190 Å². The van der Waals surface area contributed by atoms with Crippen LogP contribution in [0, 0.1) is 5.82 Å². The predicted molar refractivity (Wildman–Crippen MR) is 111 cm³/mol. The van der Waals surface area contributed by atoms with Crippen LogP contribution in [0.1, 0.15) is 51.6 Å². The maximum atomic E-state index is 13.8. The Morgan fingerprint density at radius 2 is 1.94 bits per heavy atom. The fourth-order valence-corrected chi connectivity index (χ4v) is 3.95. The monoisotopic (exact) mass is 467 g/mol. The van der Waals surface area contributed by atoms with Crippen molar-refractivity contribution in [3.8, 4) is 11.5 Å². The molecule has 1 aliphatic heterocycles. The van der Waals surface area contributed by atoms with E-state index in [1.807, 2.05) is 0 Å². The number of hydrogen-bond donors (Lipinski definition) is 1. The average molecular weight is 467 g/mol. The second-order valence-corrected chi connectivity index (χ2v) is 7.63. The maximum Gasteiger partial charge on any atom is 0.314 e. The van der Waals surface area contributed by atoms with Crippen molar-refractivity contribution < 1.29 is 27.5 Å². The Morgan fingerprint density at radius 3 is 2.65 bits per heavy atom. The van der Waals surface area contributed by atoms with Crippen molar-refractivity contribution in [1.29, 1.82) is 0 Å². The standard InChI is InChI=1S/C23H16F3N5O3/c24-15-3-1-2-12(8-15)19(32)18(17-10-27-6-7-28-17)31-11-14-5-4-13(9-16(14)23(31)33)21-29-30-22(34-21)20(25)26/h1-10,18-20,32H,11H2/t18-,19+/m1/s1. The third kappa shape index (κ3) is 3.90. The summed E-state index contributed by atoms with van der Waals surface area (Å²) in [6.45, 7) is 0.133. The molecule has 8 nitrogen and oxygen atoms in total. The van der Waals surface area contributed by atoms with Gasteiger partial charge >= 0.3 is 6.43 Å². The molecule has 0 fully saturated rings. The molecule has 3 heterocycles. The summed E-state index contributed by atoms with van der Waals surface area (Å²) in [4.78, 5) is 23.1. The third-order valence-electron chi connectivity index (χ3n) is 5.53. The summed E-state index contributed by atoms with van der Waals surface area (Å²) >= 11 is 0. The Bertz CT molecular complexity index is 1350. The Balaban J connectivity index is 1.51. The van der Waals surface area contributed by atoms with Gasteiger partial charge in [0.25, 0.3) is 11.8 Å². The number of aromatic nitrogens is 4. The third-order valence-corrected chi connectivity index (χ3v) is 5.53. The van der Waals surface area contributed by atoms with Crippen LogP contribution in [-0.4, -0.2) is 36.1 Å². The van der Waals surface area contributed by atoms with Crippen molar-refractivity contribution in [2.24, 2.45) is 0 Å². The molecule has 2 aromatic heterocycles. The number of rotatable bonds is 6. The van der Waals surface area contributed by atoms with Crippen molar-refractivity contribution in [2.75, 3.05) is 0 Å². The van der Waals surface area contributed by atoms with Gasteiger partial charge in [0.1, 0.15) is 18.0 Å². The first-order valence-electron chi connectivity index (χ1n) is 10.2. The van der Waals surface area contributed by atoms with E-state index in [0.29, 0.717) is 16.8 Å². The van der Waals surface area contributed by atoms with Crippen LogP contribution in [0.2, 0.25) is 0 Å². The SMILES string of the molecule is O=C1c2cc(-c3nnc(C(F)F)o3)ccc2CN1[C@H](c1cnccn1)[C@@H](O)c1cccc(F)c1. The summed E-state index contributed by atoms with van der Waals surface area (Å²) in [5.74, 6) is -1.92. The number of aliphatic hydroxyl groups is 1. The van der Waals surface area contributed by atoms with E-state index in [9.17, 15) is 23.1 Å². The molecule has 0 unspecified atom stereocenters. The molecule has 0 saturated carbocycles. The summed E-state index contributed by atoms with van der Waals surface area (Å²) in [6, 6.07) is 9.20. The highest BCUT2D eigenvalue weighted by Crippen LogP contribution is 2.39. The number of aliphatic hydroxyl groups excluding tert-OH is 1. The first-order valence-corrected chi connectivity index (χ1v) is 10.2. The number of fused-ring (bicyclic) bond motifs is 1. The molecule has 11 heteroatoms. The van der Waals surface area contributed by atoms with Gasteiger partial charge in [0, 0.05) is 30.1 Å². The molecule has 1 N–H and O–H groups in total. The molecule has 1 amide bonds. The summed E-state index contributed by atoms with van der Waals surface area (Å²) in [5, 5.41) is 18.1. The minimum atomic E-state index is -2.91.